The maximum Gasteiger partial charge on any atom is 0.313 e. The van der Waals surface area contributed by atoms with Gasteiger partial charge in [-0.1, -0.05) is 29.8 Å². The number of carbonyl (C=O) groups is 2. The van der Waals surface area contributed by atoms with Gasteiger partial charge < -0.3 is 10.4 Å². The smallest absolute Gasteiger partial charge is 0.313 e. The van der Waals surface area contributed by atoms with Crippen molar-refractivity contribution in [2.45, 2.75) is 12.8 Å². The van der Waals surface area contributed by atoms with Gasteiger partial charge in [0.2, 0.25) is 5.91 Å². The minimum atomic E-state index is -0.838. The molecule has 0 radical (unpaired) electrons. The average Bonchev–Trinajstić information content (AvgIpc) is 2.37. The zero-order valence-corrected chi connectivity index (χ0v) is 12.0. The number of hydrogen-bond donors (Lipinski definition) is 2. The molecule has 0 aliphatic rings. The van der Waals surface area contributed by atoms with Crippen LogP contribution < -0.4 is 5.32 Å². The van der Waals surface area contributed by atoms with E-state index in [9.17, 15) is 9.59 Å². The molecule has 0 aromatic heterocycles. The number of halogens is 1. The second-order valence-corrected chi connectivity index (χ2v) is 5.40. The molecule has 1 rings (SSSR count). The Morgan fingerprint density at radius 1 is 1.32 bits per heavy atom. The molecule has 0 atom stereocenters. The molecule has 0 unspecified atom stereocenters. The van der Waals surface area contributed by atoms with Gasteiger partial charge in [0.25, 0.3) is 0 Å². The van der Waals surface area contributed by atoms with Gasteiger partial charge in [-0.25, -0.2) is 0 Å². The van der Waals surface area contributed by atoms with Crippen molar-refractivity contribution < 1.29 is 14.7 Å². The molecule has 0 aliphatic heterocycles. The summed E-state index contributed by atoms with van der Waals surface area (Å²) in [7, 11) is 0. The number of carboxylic acids is 1. The zero-order chi connectivity index (χ0) is 14.1. The van der Waals surface area contributed by atoms with Crippen molar-refractivity contribution in [1.29, 1.82) is 0 Å². The maximum absolute atomic E-state index is 11.5. The van der Waals surface area contributed by atoms with Crippen LogP contribution >= 0.6 is 23.4 Å². The van der Waals surface area contributed by atoms with E-state index < -0.39 is 5.97 Å². The molecule has 1 amide bonds. The lowest BCUT2D eigenvalue weighted by Crippen LogP contribution is -2.26. The van der Waals surface area contributed by atoms with Crippen LogP contribution in [0.4, 0.5) is 0 Å². The van der Waals surface area contributed by atoms with Gasteiger partial charge in [-0.3, -0.25) is 9.59 Å². The number of aliphatic carboxylic acids is 1. The monoisotopic (exact) mass is 301 g/mol. The van der Waals surface area contributed by atoms with Gasteiger partial charge in [-0.15, -0.1) is 11.8 Å². The summed E-state index contributed by atoms with van der Waals surface area (Å²) in [6.07, 6.45) is 0.987. The average molecular weight is 302 g/mol. The Kier molecular flexibility index (Phi) is 7.36. The molecule has 1 aromatic carbocycles. The number of rotatable bonds is 8. The lowest BCUT2D eigenvalue weighted by atomic mass is 10.1. The van der Waals surface area contributed by atoms with Crippen molar-refractivity contribution in [3.63, 3.8) is 0 Å². The first-order chi connectivity index (χ1) is 9.09. The summed E-state index contributed by atoms with van der Waals surface area (Å²) in [6, 6.07) is 7.45. The molecule has 0 fully saturated rings. The van der Waals surface area contributed by atoms with Crippen molar-refractivity contribution in [2.24, 2.45) is 0 Å². The molecule has 0 spiro atoms. The van der Waals surface area contributed by atoms with Crippen LogP contribution in [0.3, 0.4) is 0 Å². The van der Waals surface area contributed by atoms with Crippen LogP contribution in [0.15, 0.2) is 24.3 Å². The summed E-state index contributed by atoms with van der Waals surface area (Å²) in [5.41, 5.74) is 0.958. The maximum atomic E-state index is 11.5. The summed E-state index contributed by atoms with van der Waals surface area (Å²) < 4.78 is 0. The standard InChI is InChI=1S/C13H16ClNO3S/c14-11-4-2-1-3-10(11)5-6-12(16)15-7-8-19-9-13(17)18/h1-4H,5-9H2,(H,15,16)(H,17,18). The van der Waals surface area contributed by atoms with Gasteiger partial charge in [0, 0.05) is 23.7 Å². The van der Waals surface area contributed by atoms with Crippen LogP contribution in [0.5, 0.6) is 0 Å². The molecular weight excluding hydrogens is 286 g/mol. The van der Waals surface area contributed by atoms with Crippen molar-refractivity contribution in [3.8, 4) is 0 Å². The molecule has 0 heterocycles. The number of thioether (sulfide) groups is 1. The lowest BCUT2D eigenvalue weighted by Gasteiger charge is -2.05. The van der Waals surface area contributed by atoms with E-state index in [2.05, 4.69) is 5.32 Å². The lowest BCUT2D eigenvalue weighted by molar-refractivity contribution is -0.133. The van der Waals surface area contributed by atoms with E-state index in [4.69, 9.17) is 16.7 Å². The van der Waals surface area contributed by atoms with Gasteiger partial charge in [0.05, 0.1) is 5.75 Å². The molecule has 19 heavy (non-hydrogen) atoms. The van der Waals surface area contributed by atoms with Gasteiger partial charge >= 0.3 is 5.97 Å². The molecule has 4 nitrogen and oxygen atoms in total. The minimum absolute atomic E-state index is 0.0455. The first-order valence-electron chi connectivity index (χ1n) is 5.89. The van der Waals surface area contributed by atoms with Crippen molar-refractivity contribution in [1.82, 2.24) is 5.32 Å². The fraction of sp³-hybridized carbons (Fsp3) is 0.385. The predicted octanol–water partition coefficient (Wildman–Crippen LogP) is 2.21. The third kappa shape index (κ3) is 7.08. The van der Waals surface area contributed by atoms with Crippen LogP contribution in [0.1, 0.15) is 12.0 Å². The summed E-state index contributed by atoms with van der Waals surface area (Å²) in [5, 5.41) is 11.9. The van der Waals surface area contributed by atoms with E-state index in [1.54, 1.807) is 6.07 Å². The van der Waals surface area contributed by atoms with Gasteiger partial charge in [-0.2, -0.15) is 0 Å². The fourth-order valence-corrected chi connectivity index (χ4v) is 2.26. The van der Waals surface area contributed by atoms with E-state index in [0.717, 1.165) is 5.56 Å². The van der Waals surface area contributed by atoms with Crippen LogP contribution in [0.25, 0.3) is 0 Å². The Morgan fingerprint density at radius 2 is 2.05 bits per heavy atom. The Balaban J connectivity index is 2.15. The summed E-state index contributed by atoms with van der Waals surface area (Å²) in [4.78, 5) is 21.8. The van der Waals surface area contributed by atoms with E-state index in [1.165, 1.54) is 11.8 Å². The van der Waals surface area contributed by atoms with Crippen LogP contribution in [-0.4, -0.2) is 35.0 Å². The number of hydrogen-bond acceptors (Lipinski definition) is 3. The first kappa shape index (κ1) is 15.9. The number of aryl methyl sites for hydroxylation is 1. The second kappa shape index (κ2) is 8.82. The number of amides is 1. The molecule has 2 N–H and O–H groups in total. The Hall–Kier alpha value is -1.20. The highest BCUT2D eigenvalue weighted by molar-refractivity contribution is 7.99. The molecular formula is C13H16ClNO3S. The number of benzene rings is 1. The fourth-order valence-electron chi connectivity index (χ4n) is 1.46. The van der Waals surface area contributed by atoms with Crippen molar-refractivity contribution in [3.05, 3.63) is 34.9 Å². The highest BCUT2D eigenvalue weighted by Gasteiger charge is 2.04. The summed E-state index contributed by atoms with van der Waals surface area (Å²) in [6.45, 7) is 0.485. The SMILES string of the molecule is O=C(O)CSCCNC(=O)CCc1ccccc1Cl. The predicted molar refractivity (Wildman–Crippen MR) is 77.7 cm³/mol. The van der Waals surface area contributed by atoms with E-state index in [1.807, 2.05) is 18.2 Å². The Labute approximate surface area is 121 Å². The number of carboxylic acid groups (broad SMARTS) is 1. The van der Waals surface area contributed by atoms with Gasteiger partial charge in [0.15, 0.2) is 0 Å². The van der Waals surface area contributed by atoms with E-state index >= 15 is 0 Å². The Morgan fingerprint density at radius 3 is 2.74 bits per heavy atom. The molecule has 0 saturated heterocycles. The van der Waals surface area contributed by atoms with Crippen molar-refractivity contribution >= 4 is 35.2 Å². The van der Waals surface area contributed by atoms with Crippen LogP contribution in [0.2, 0.25) is 5.02 Å². The zero-order valence-electron chi connectivity index (χ0n) is 10.4. The number of nitrogens with one attached hydrogen (secondary N) is 1. The molecule has 0 aliphatic carbocycles. The highest BCUT2D eigenvalue weighted by atomic mass is 35.5. The number of carbonyl (C=O) groups excluding carboxylic acids is 1. The quantitative estimate of drug-likeness (QED) is 0.723. The van der Waals surface area contributed by atoms with Crippen molar-refractivity contribution in [2.75, 3.05) is 18.1 Å². The third-order valence-electron chi connectivity index (χ3n) is 2.37. The second-order valence-electron chi connectivity index (χ2n) is 3.89. The third-order valence-corrected chi connectivity index (χ3v) is 3.69. The van der Waals surface area contributed by atoms with Gasteiger partial charge in [-0.05, 0) is 18.1 Å². The van der Waals surface area contributed by atoms with Crippen LogP contribution in [-0.2, 0) is 16.0 Å². The normalized spacial score (nSPS) is 10.2. The largest absolute Gasteiger partial charge is 0.481 e. The molecule has 104 valence electrons. The molecule has 0 saturated carbocycles. The first-order valence-corrected chi connectivity index (χ1v) is 7.42. The molecule has 1 aromatic rings. The highest BCUT2D eigenvalue weighted by Crippen LogP contribution is 2.16. The van der Waals surface area contributed by atoms with E-state index in [-0.39, 0.29) is 11.7 Å². The molecule has 0 bridgehead atoms. The van der Waals surface area contributed by atoms with Gasteiger partial charge in [0.1, 0.15) is 0 Å². The summed E-state index contributed by atoms with van der Waals surface area (Å²) >= 11 is 7.28. The Bertz CT molecular complexity index is 440. The minimum Gasteiger partial charge on any atom is -0.481 e. The van der Waals surface area contributed by atoms with E-state index in [0.29, 0.717) is 30.2 Å². The topological polar surface area (TPSA) is 66.4 Å². The summed E-state index contributed by atoms with van der Waals surface area (Å²) in [5.74, 6) is -0.217. The molecule has 6 heteroatoms. The van der Waals surface area contributed by atoms with Crippen LogP contribution in [0, 0.1) is 0 Å².